The Morgan fingerprint density at radius 2 is 1.82 bits per heavy atom. The summed E-state index contributed by atoms with van der Waals surface area (Å²) >= 11 is 0. The monoisotopic (exact) mass is 305 g/mol. The van der Waals surface area contributed by atoms with Gasteiger partial charge in [-0.3, -0.25) is 14.7 Å². The number of aromatic nitrogens is 2. The first-order chi connectivity index (χ1) is 10.7. The van der Waals surface area contributed by atoms with E-state index >= 15 is 0 Å². The van der Waals surface area contributed by atoms with Gasteiger partial charge in [0.15, 0.2) is 0 Å². The Kier molecular flexibility index (Phi) is 3.92. The lowest BCUT2D eigenvalue weighted by atomic mass is 10.1. The van der Waals surface area contributed by atoms with Gasteiger partial charge in [-0.05, 0) is 26.7 Å². The molecule has 0 bridgehead atoms. The average Bonchev–Trinajstić information content (AvgIpc) is 3.22. The first-order valence-electron chi connectivity index (χ1n) is 8.72. The molecule has 1 saturated carbocycles. The quantitative estimate of drug-likeness (QED) is 0.813. The number of likely N-dealkylation sites (tertiary alicyclic amines) is 1. The Bertz CT molecular complexity index is 498. The predicted molar refractivity (Wildman–Crippen MR) is 83.6 cm³/mol. The number of hydrogen-bond donors (Lipinski definition) is 0. The molecule has 6 nitrogen and oxygen atoms in total. The van der Waals surface area contributed by atoms with Gasteiger partial charge in [0.25, 0.3) is 0 Å². The third kappa shape index (κ3) is 3.05. The molecule has 0 amide bonds. The molecule has 0 aromatic carbocycles. The van der Waals surface area contributed by atoms with Crippen molar-refractivity contribution in [2.24, 2.45) is 0 Å². The van der Waals surface area contributed by atoms with Crippen LogP contribution in [0.4, 0.5) is 0 Å². The van der Waals surface area contributed by atoms with E-state index in [1.165, 1.54) is 39.0 Å². The number of rotatable bonds is 5. The Morgan fingerprint density at radius 1 is 1.09 bits per heavy atom. The molecule has 6 heteroatoms. The molecule has 2 saturated heterocycles. The molecular weight excluding hydrogens is 278 g/mol. The lowest BCUT2D eigenvalue weighted by Crippen LogP contribution is -2.63. The van der Waals surface area contributed by atoms with Gasteiger partial charge in [0.05, 0.1) is 6.54 Å². The lowest BCUT2D eigenvalue weighted by molar-refractivity contribution is -0.00740. The van der Waals surface area contributed by atoms with Crippen LogP contribution in [0.3, 0.4) is 0 Å². The van der Waals surface area contributed by atoms with Gasteiger partial charge in [-0.25, -0.2) is 0 Å². The van der Waals surface area contributed by atoms with E-state index in [4.69, 9.17) is 4.42 Å². The van der Waals surface area contributed by atoms with Crippen LogP contribution in [0.15, 0.2) is 4.42 Å². The second kappa shape index (κ2) is 5.91. The molecule has 0 atom stereocenters. The van der Waals surface area contributed by atoms with Crippen molar-refractivity contribution in [2.75, 3.05) is 39.3 Å². The summed E-state index contributed by atoms with van der Waals surface area (Å²) in [6.07, 6.45) is 2.44. The molecule has 3 aliphatic rings. The first kappa shape index (κ1) is 14.6. The largest absolute Gasteiger partial charge is 0.424 e. The van der Waals surface area contributed by atoms with Crippen molar-refractivity contribution in [3.8, 4) is 0 Å². The molecule has 0 radical (unpaired) electrons. The summed E-state index contributed by atoms with van der Waals surface area (Å²) in [7, 11) is 0. The van der Waals surface area contributed by atoms with Crippen LogP contribution in [0.5, 0.6) is 0 Å². The van der Waals surface area contributed by atoms with Gasteiger partial charge < -0.3 is 4.42 Å². The highest BCUT2D eigenvalue weighted by molar-refractivity contribution is 5.00. The highest BCUT2D eigenvalue weighted by Gasteiger charge is 2.35. The zero-order valence-corrected chi connectivity index (χ0v) is 13.7. The van der Waals surface area contributed by atoms with Crippen molar-refractivity contribution < 1.29 is 4.42 Å². The van der Waals surface area contributed by atoms with Crippen LogP contribution in [0.2, 0.25) is 0 Å². The fourth-order valence-corrected chi connectivity index (χ4v) is 3.54. The van der Waals surface area contributed by atoms with Crippen molar-refractivity contribution >= 4 is 0 Å². The molecule has 1 aromatic heterocycles. The fourth-order valence-electron chi connectivity index (χ4n) is 3.54. The molecule has 1 aromatic rings. The number of nitrogens with zero attached hydrogens (tertiary/aromatic N) is 5. The maximum Gasteiger partial charge on any atom is 0.230 e. The van der Waals surface area contributed by atoms with Gasteiger partial charge in [0.1, 0.15) is 0 Å². The minimum Gasteiger partial charge on any atom is -0.424 e. The van der Waals surface area contributed by atoms with E-state index in [-0.39, 0.29) is 0 Å². The molecule has 0 spiro atoms. The zero-order valence-electron chi connectivity index (χ0n) is 13.7. The lowest BCUT2D eigenvalue weighted by Gasteiger charge is -2.48. The third-order valence-electron chi connectivity index (χ3n) is 5.30. The van der Waals surface area contributed by atoms with Crippen molar-refractivity contribution in [3.05, 3.63) is 11.8 Å². The van der Waals surface area contributed by atoms with Crippen molar-refractivity contribution in [3.63, 3.8) is 0 Å². The second-order valence-electron chi connectivity index (χ2n) is 7.32. The van der Waals surface area contributed by atoms with Gasteiger partial charge >= 0.3 is 0 Å². The van der Waals surface area contributed by atoms with Gasteiger partial charge in [-0.2, -0.15) is 0 Å². The molecule has 22 heavy (non-hydrogen) atoms. The zero-order chi connectivity index (χ0) is 15.1. The SMILES string of the molecule is CC(C)N1CCN(C2CN(Cc3nnc(C4CC4)o3)C2)CC1. The van der Waals surface area contributed by atoms with E-state index in [2.05, 4.69) is 38.7 Å². The summed E-state index contributed by atoms with van der Waals surface area (Å²) in [5.41, 5.74) is 0. The molecular formula is C16H27N5O. The molecule has 3 heterocycles. The summed E-state index contributed by atoms with van der Waals surface area (Å²) in [5.74, 6) is 2.21. The van der Waals surface area contributed by atoms with E-state index < -0.39 is 0 Å². The van der Waals surface area contributed by atoms with Crippen molar-refractivity contribution in [1.29, 1.82) is 0 Å². The maximum atomic E-state index is 5.75. The predicted octanol–water partition coefficient (Wildman–Crippen LogP) is 1.16. The van der Waals surface area contributed by atoms with Gasteiger partial charge in [-0.15, -0.1) is 10.2 Å². The molecule has 0 N–H and O–H groups in total. The summed E-state index contributed by atoms with van der Waals surface area (Å²) in [4.78, 5) is 7.65. The Hall–Kier alpha value is -0.980. The van der Waals surface area contributed by atoms with Crippen LogP contribution in [0.25, 0.3) is 0 Å². The molecule has 1 aliphatic carbocycles. The highest BCUT2D eigenvalue weighted by atomic mass is 16.4. The normalized spacial score (nSPS) is 25.8. The summed E-state index contributed by atoms with van der Waals surface area (Å²) in [5, 5.41) is 8.35. The Balaban J connectivity index is 1.21. The van der Waals surface area contributed by atoms with Gasteiger partial charge in [0.2, 0.25) is 11.8 Å². The molecule has 0 unspecified atom stereocenters. The molecule has 3 fully saturated rings. The minimum absolute atomic E-state index is 0.558. The summed E-state index contributed by atoms with van der Waals surface area (Å²) in [6, 6.07) is 1.40. The first-order valence-corrected chi connectivity index (χ1v) is 8.72. The van der Waals surface area contributed by atoms with E-state index in [1.807, 2.05) is 0 Å². The van der Waals surface area contributed by atoms with E-state index in [0.29, 0.717) is 12.0 Å². The smallest absolute Gasteiger partial charge is 0.230 e. The summed E-state index contributed by atoms with van der Waals surface area (Å²) < 4.78 is 5.75. The standard InChI is InChI=1S/C16H27N5O/c1-12(2)20-5-7-21(8-6-20)14-9-19(10-14)11-15-17-18-16(22-15)13-3-4-13/h12-14H,3-11H2,1-2H3. The van der Waals surface area contributed by atoms with Crippen molar-refractivity contribution in [1.82, 2.24) is 24.9 Å². The van der Waals surface area contributed by atoms with Gasteiger partial charge in [0, 0.05) is 57.3 Å². The van der Waals surface area contributed by atoms with Crippen LogP contribution in [0, 0.1) is 0 Å². The minimum atomic E-state index is 0.558. The fraction of sp³-hybridized carbons (Fsp3) is 0.875. The third-order valence-corrected chi connectivity index (χ3v) is 5.30. The van der Waals surface area contributed by atoms with Crippen molar-refractivity contribution in [2.45, 2.75) is 51.2 Å². The van der Waals surface area contributed by atoms with Crippen LogP contribution in [-0.4, -0.2) is 76.2 Å². The molecule has 4 rings (SSSR count). The topological polar surface area (TPSA) is 48.6 Å². The molecule has 122 valence electrons. The molecule has 2 aliphatic heterocycles. The Morgan fingerprint density at radius 3 is 2.45 bits per heavy atom. The van der Waals surface area contributed by atoms with E-state index in [1.54, 1.807) is 0 Å². The summed E-state index contributed by atoms with van der Waals surface area (Å²) in [6.45, 7) is 12.5. The highest BCUT2D eigenvalue weighted by Crippen LogP contribution is 2.39. The van der Waals surface area contributed by atoms with Gasteiger partial charge in [-0.1, -0.05) is 0 Å². The number of piperazine rings is 1. The van der Waals surface area contributed by atoms with E-state index in [0.717, 1.165) is 37.5 Å². The van der Waals surface area contributed by atoms with Crippen LogP contribution in [-0.2, 0) is 6.54 Å². The van der Waals surface area contributed by atoms with Crippen LogP contribution in [0.1, 0.15) is 44.4 Å². The Labute approximate surface area is 132 Å². The average molecular weight is 305 g/mol. The maximum absolute atomic E-state index is 5.75. The van der Waals surface area contributed by atoms with Crippen LogP contribution >= 0.6 is 0 Å². The second-order valence-corrected chi connectivity index (χ2v) is 7.32. The van der Waals surface area contributed by atoms with Crippen LogP contribution < -0.4 is 0 Å². The number of hydrogen-bond acceptors (Lipinski definition) is 6. The van der Waals surface area contributed by atoms with E-state index in [9.17, 15) is 0 Å².